The summed E-state index contributed by atoms with van der Waals surface area (Å²) in [6.07, 6.45) is 7.70. The van der Waals surface area contributed by atoms with E-state index in [0.717, 1.165) is 48.6 Å². The average Bonchev–Trinajstić information content (AvgIpc) is 3.06. The number of rotatable bonds is 1. The van der Waals surface area contributed by atoms with Gasteiger partial charge in [0.15, 0.2) is 0 Å². The van der Waals surface area contributed by atoms with Gasteiger partial charge in [-0.15, -0.1) is 0 Å². The molecule has 2 heteroatoms. The molecule has 2 nitrogen and oxygen atoms in total. The van der Waals surface area contributed by atoms with Crippen LogP contribution >= 0.6 is 0 Å². The Kier molecular flexibility index (Phi) is 3.22. The monoisotopic (exact) mass is 250 g/mol. The Morgan fingerprint density at radius 3 is 2.22 bits per heavy atom. The van der Waals surface area contributed by atoms with E-state index in [-0.39, 0.29) is 0 Å². The third kappa shape index (κ3) is 1.61. The predicted octanol–water partition coefficient (Wildman–Crippen LogP) is 2.62. The highest BCUT2D eigenvalue weighted by molar-refractivity contribution is 5.14. The van der Waals surface area contributed by atoms with E-state index in [9.17, 15) is 0 Å². The van der Waals surface area contributed by atoms with Crippen LogP contribution in [0.1, 0.15) is 46.0 Å². The van der Waals surface area contributed by atoms with Gasteiger partial charge in [0.1, 0.15) is 0 Å². The highest BCUT2D eigenvalue weighted by Gasteiger charge is 2.64. The van der Waals surface area contributed by atoms with Crippen LogP contribution in [0, 0.1) is 40.9 Å². The van der Waals surface area contributed by atoms with Crippen molar-refractivity contribution in [1.82, 2.24) is 0 Å². The van der Waals surface area contributed by atoms with E-state index < -0.39 is 0 Å². The van der Waals surface area contributed by atoms with Gasteiger partial charge in [0.25, 0.3) is 0 Å². The van der Waals surface area contributed by atoms with E-state index >= 15 is 0 Å². The average molecular weight is 250 g/mol. The first-order valence-electron chi connectivity index (χ1n) is 8.04. The molecule has 0 aromatic heterocycles. The van der Waals surface area contributed by atoms with Crippen molar-refractivity contribution in [2.75, 3.05) is 13.1 Å². The number of hydrogen-bond acceptors (Lipinski definition) is 2. The summed E-state index contributed by atoms with van der Waals surface area (Å²) in [5.74, 6) is 6.58. The van der Waals surface area contributed by atoms with Crippen LogP contribution in [0.2, 0.25) is 0 Å². The van der Waals surface area contributed by atoms with Gasteiger partial charge in [-0.05, 0) is 86.1 Å². The third-order valence-electron chi connectivity index (χ3n) is 6.70. The molecule has 0 aromatic rings. The van der Waals surface area contributed by atoms with E-state index in [1.807, 2.05) is 6.92 Å². The van der Waals surface area contributed by atoms with Crippen LogP contribution < -0.4 is 11.5 Å². The molecule has 4 N–H and O–H groups in total. The lowest BCUT2D eigenvalue weighted by Gasteiger charge is -2.44. The molecular formula is C16H30N2. The molecule has 18 heavy (non-hydrogen) atoms. The maximum atomic E-state index is 6.04. The molecule has 0 heterocycles. The summed E-state index contributed by atoms with van der Waals surface area (Å²) in [7, 11) is 0. The van der Waals surface area contributed by atoms with Crippen molar-refractivity contribution < 1.29 is 0 Å². The summed E-state index contributed by atoms with van der Waals surface area (Å²) >= 11 is 0. The molecule has 7 unspecified atom stereocenters. The van der Waals surface area contributed by atoms with Crippen LogP contribution in [-0.2, 0) is 0 Å². The SMILES string of the molecule is CC1(CN)CC2CC1C1C3CCC(C3)C21.CCN. The molecule has 7 atom stereocenters. The molecular weight excluding hydrogens is 220 g/mol. The topological polar surface area (TPSA) is 52.0 Å². The first-order valence-corrected chi connectivity index (χ1v) is 8.04. The Bertz CT molecular complexity index is 316. The van der Waals surface area contributed by atoms with Crippen molar-refractivity contribution in [3.63, 3.8) is 0 Å². The van der Waals surface area contributed by atoms with Crippen LogP contribution in [0.5, 0.6) is 0 Å². The number of hydrogen-bond donors (Lipinski definition) is 2. The van der Waals surface area contributed by atoms with Gasteiger partial charge in [0.2, 0.25) is 0 Å². The van der Waals surface area contributed by atoms with Gasteiger partial charge in [-0.2, -0.15) is 0 Å². The minimum atomic E-state index is 0.524. The third-order valence-corrected chi connectivity index (χ3v) is 6.70. The number of fused-ring (bicyclic) bond motifs is 9. The van der Waals surface area contributed by atoms with Crippen molar-refractivity contribution in [2.24, 2.45) is 52.4 Å². The van der Waals surface area contributed by atoms with Crippen LogP contribution in [0.25, 0.3) is 0 Å². The Morgan fingerprint density at radius 2 is 1.61 bits per heavy atom. The fourth-order valence-corrected chi connectivity index (χ4v) is 6.27. The molecule has 0 aromatic carbocycles. The molecule has 4 aliphatic rings. The minimum absolute atomic E-state index is 0.524. The largest absolute Gasteiger partial charge is 0.331 e. The predicted molar refractivity (Wildman–Crippen MR) is 75.9 cm³/mol. The van der Waals surface area contributed by atoms with E-state index in [1.54, 1.807) is 19.3 Å². The first kappa shape index (κ1) is 12.9. The van der Waals surface area contributed by atoms with E-state index in [1.165, 1.54) is 12.8 Å². The summed E-state index contributed by atoms with van der Waals surface area (Å²) in [5, 5.41) is 0. The zero-order valence-electron chi connectivity index (χ0n) is 12.1. The van der Waals surface area contributed by atoms with Gasteiger partial charge < -0.3 is 11.5 Å². The summed E-state index contributed by atoms with van der Waals surface area (Å²) < 4.78 is 0. The minimum Gasteiger partial charge on any atom is -0.331 e. The van der Waals surface area contributed by atoms with Crippen molar-refractivity contribution in [2.45, 2.75) is 46.0 Å². The molecule has 0 aliphatic heterocycles. The van der Waals surface area contributed by atoms with E-state index in [0.29, 0.717) is 5.41 Å². The van der Waals surface area contributed by atoms with Gasteiger partial charge in [0.05, 0.1) is 0 Å². The van der Waals surface area contributed by atoms with Crippen LogP contribution in [0.4, 0.5) is 0 Å². The Hall–Kier alpha value is -0.0800. The Balaban J connectivity index is 0.000000307. The fraction of sp³-hybridized carbons (Fsp3) is 1.00. The fourth-order valence-electron chi connectivity index (χ4n) is 6.27. The highest BCUT2D eigenvalue weighted by Crippen LogP contribution is 2.71. The summed E-state index contributed by atoms with van der Waals surface area (Å²) in [6.45, 7) is 6.06. The van der Waals surface area contributed by atoms with Crippen molar-refractivity contribution >= 4 is 0 Å². The smallest absolute Gasteiger partial charge is 0.00203 e. The maximum absolute atomic E-state index is 6.04. The lowest BCUT2D eigenvalue weighted by molar-refractivity contribution is 0.0518. The highest BCUT2D eigenvalue weighted by atomic mass is 14.7. The standard InChI is InChI=1S/C14H23N.C2H7N/c1-14(7-15)6-10-5-11(14)13-9-3-2-8(4-9)12(10)13;1-2-3/h8-13H,2-7,15H2,1H3;2-3H2,1H3. The molecule has 0 saturated heterocycles. The molecule has 4 aliphatic carbocycles. The zero-order valence-corrected chi connectivity index (χ0v) is 12.1. The van der Waals surface area contributed by atoms with E-state index in [4.69, 9.17) is 11.5 Å². The molecule has 0 spiro atoms. The van der Waals surface area contributed by atoms with Crippen molar-refractivity contribution in [3.8, 4) is 0 Å². The second-order valence-corrected chi connectivity index (χ2v) is 7.56. The zero-order chi connectivity index (χ0) is 12.9. The van der Waals surface area contributed by atoms with Crippen LogP contribution in [0.15, 0.2) is 0 Å². The normalized spacial score (nSPS) is 55.3. The van der Waals surface area contributed by atoms with Gasteiger partial charge in [-0.25, -0.2) is 0 Å². The van der Waals surface area contributed by atoms with Gasteiger partial charge in [-0.1, -0.05) is 13.8 Å². The molecule has 4 fully saturated rings. The molecule has 4 saturated carbocycles. The summed E-state index contributed by atoms with van der Waals surface area (Å²) in [6, 6.07) is 0. The maximum Gasteiger partial charge on any atom is -0.00203 e. The van der Waals surface area contributed by atoms with Crippen LogP contribution in [-0.4, -0.2) is 13.1 Å². The number of nitrogens with two attached hydrogens (primary N) is 2. The summed E-state index contributed by atoms with van der Waals surface area (Å²) in [5.41, 5.74) is 11.4. The second-order valence-electron chi connectivity index (χ2n) is 7.56. The van der Waals surface area contributed by atoms with Gasteiger partial charge >= 0.3 is 0 Å². The molecule has 4 bridgehead atoms. The van der Waals surface area contributed by atoms with Crippen molar-refractivity contribution in [3.05, 3.63) is 0 Å². The Morgan fingerprint density at radius 1 is 1.00 bits per heavy atom. The summed E-state index contributed by atoms with van der Waals surface area (Å²) in [4.78, 5) is 0. The van der Waals surface area contributed by atoms with Gasteiger partial charge in [0, 0.05) is 0 Å². The lowest BCUT2D eigenvalue weighted by atomic mass is 9.61. The quantitative estimate of drug-likeness (QED) is 0.703. The first-order chi connectivity index (χ1) is 8.64. The molecule has 104 valence electrons. The molecule has 4 rings (SSSR count). The van der Waals surface area contributed by atoms with Crippen molar-refractivity contribution in [1.29, 1.82) is 0 Å². The van der Waals surface area contributed by atoms with E-state index in [2.05, 4.69) is 6.92 Å². The second kappa shape index (κ2) is 4.49. The lowest BCUT2D eigenvalue weighted by Crippen LogP contribution is -2.42. The van der Waals surface area contributed by atoms with Crippen LogP contribution in [0.3, 0.4) is 0 Å². The molecule has 0 radical (unpaired) electrons. The Labute approximate surface area is 112 Å². The van der Waals surface area contributed by atoms with Gasteiger partial charge in [-0.3, -0.25) is 0 Å². The molecule has 0 amide bonds.